The quantitative estimate of drug-likeness (QED) is 0.914. The van der Waals surface area contributed by atoms with E-state index >= 15 is 0 Å². The second-order valence-corrected chi connectivity index (χ2v) is 4.63. The van der Waals surface area contributed by atoms with Gasteiger partial charge in [-0.2, -0.15) is 0 Å². The van der Waals surface area contributed by atoms with Crippen molar-refractivity contribution < 1.29 is 9.47 Å². The van der Waals surface area contributed by atoms with Crippen molar-refractivity contribution in [3.05, 3.63) is 48.0 Å². The molecule has 0 aliphatic carbocycles. The highest BCUT2D eigenvalue weighted by atomic mass is 16.5. The molecule has 1 aliphatic heterocycles. The lowest BCUT2D eigenvalue weighted by Crippen LogP contribution is -2.29. The van der Waals surface area contributed by atoms with Gasteiger partial charge in [0.15, 0.2) is 6.23 Å². The van der Waals surface area contributed by atoms with E-state index in [1.165, 1.54) is 5.56 Å². The molecule has 1 heterocycles. The van der Waals surface area contributed by atoms with Crippen LogP contribution < -0.4 is 14.8 Å². The molecule has 0 spiro atoms. The fourth-order valence-electron chi connectivity index (χ4n) is 2.45. The van der Waals surface area contributed by atoms with Crippen LogP contribution >= 0.6 is 0 Å². The minimum atomic E-state index is 0.0711. The molecule has 1 aliphatic rings. The van der Waals surface area contributed by atoms with Crippen molar-refractivity contribution in [1.82, 2.24) is 5.32 Å². The first-order chi connectivity index (χ1) is 9.31. The Hall–Kier alpha value is -2.00. The lowest BCUT2D eigenvalue weighted by Gasteiger charge is -2.12. The molecule has 19 heavy (non-hydrogen) atoms. The zero-order valence-electron chi connectivity index (χ0n) is 11.1. The molecule has 3 heteroatoms. The number of ether oxygens (including phenoxy) is 2. The van der Waals surface area contributed by atoms with Crippen LogP contribution in [0.25, 0.3) is 11.1 Å². The van der Waals surface area contributed by atoms with Gasteiger partial charge < -0.3 is 9.47 Å². The van der Waals surface area contributed by atoms with Gasteiger partial charge >= 0.3 is 0 Å². The van der Waals surface area contributed by atoms with Gasteiger partial charge in [0, 0.05) is 12.0 Å². The van der Waals surface area contributed by atoms with E-state index in [0.717, 1.165) is 29.0 Å². The van der Waals surface area contributed by atoms with Crippen LogP contribution in [-0.2, 0) is 6.42 Å². The van der Waals surface area contributed by atoms with Gasteiger partial charge in [-0.05, 0) is 30.3 Å². The number of fused-ring (bicyclic) bond motifs is 1. The molecule has 0 fully saturated rings. The van der Waals surface area contributed by atoms with Crippen molar-refractivity contribution >= 4 is 0 Å². The maximum absolute atomic E-state index is 5.96. The smallest absolute Gasteiger partial charge is 0.154 e. The lowest BCUT2D eigenvalue weighted by molar-refractivity contribution is 0.204. The predicted octanol–water partition coefficient (Wildman–Crippen LogP) is 2.84. The number of para-hydroxylation sites is 1. The van der Waals surface area contributed by atoms with Crippen LogP contribution in [0.3, 0.4) is 0 Å². The summed E-state index contributed by atoms with van der Waals surface area (Å²) in [4.78, 5) is 0. The molecule has 0 bridgehead atoms. The monoisotopic (exact) mass is 255 g/mol. The summed E-state index contributed by atoms with van der Waals surface area (Å²) in [5.74, 6) is 1.84. The third-order valence-corrected chi connectivity index (χ3v) is 3.46. The van der Waals surface area contributed by atoms with Crippen LogP contribution in [0.4, 0.5) is 0 Å². The van der Waals surface area contributed by atoms with Crippen molar-refractivity contribution in [2.45, 2.75) is 12.6 Å². The first-order valence-corrected chi connectivity index (χ1v) is 6.42. The molecule has 98 valence electrons. The number of benzene rings is 2. The standard InChI is InChI=1S/C16H17NO2/c1-17-15-10-12-6-4-8-14(16(12)19-15)11-5-3-7-13(9-11)18-2/h3-9,15,17H,10H2,1-2H3. The molecule has 2 aromatic rings. The van der Waals surface area contributed by atoms with E-state index in [9.17, 15) is 0 Å². The van der Waals surface area contributed by atoms with E-state index in [1.807, 2.05) is 25.2 Å². The average molecular weight is 255 g/mol. The Labute approximate surface area is 113 Å². The number of nitrogens with one attached hydrogen (secondary N) is 1. The van der Waals surface area contributed by atoms with E-state index in [-0.39, 0.29) is 6.23 Å². The van der Waals surface area contributed by atoms with Gasteiger partial charge in [0.1, 0.15) is 11.5 Å². The highest BCUT2D eigenvalue weighted by Crippen LogP contribution is 2.38. The highest BCUT2D eigenvalue weighted by molar-refractivity contribution is 5.74. The summed E-state index contributed by atoms with van der Waals surface area (Å²) in [5.41, 5.74) is 3.49. The Morgan fingerprint density at radius 3 is 2.84 bits per heavy atom. The fourth-order valence-corrected chi connectivity index (χ4v) is 2.45. The molecule has 3 rings (SSSR count). The van der Waals surface area contributed by atoms with Crippen molar-refractivity contribution in [2.75, 3.05) is 14.2 Å². The van der Waals surface area contributed by atoms with Crippen LogP contribution in [0.1, 0.15) is 5.56 Å². The summed E-state index contributed by atoms with van der Waals surface area (Å²) in [6.07, 6.45) is 0.977. The number of methoxy groups -OCH3 is 1. The lowest BCUT2D eigenvalue weighted by atomic mass is 10.0. The van der Waals surface area contributed by atoms with Crippen molar-refractivity contribution in [3.63, 3.8) is 0 Å². The van der Waals surface area contributed by atoms with Gasteiger partial charge in [0.05, 0.1) is 7.11 Å². The van der Waals surface area contributed by atoms with E-state index in [2.05, 4.69) is 29.6 Å². The van der Waals surface area contributed by atoms with E-state index in [4.69, 9.17) is 9.47 Å². The Morgan fingerprint density at radius 1 is 1.21 bits per heavy atom. The van der Waals surface area contributed by atoms with Gasteiger partial charge in [0.25, 0.3) is 0 Å². The molecule has 0 saturated carbocycles. The van der Waals surface area contributed by atoms with Gasteiger partial charge in [-0.25, -0.2) is 0 Å². The molecule has 1 N–H and O–H groups in total. The van der Waals surface area contributed by atoms with Crippen molar-refractivity contribution in [1.29, 1.82) is 0 Å². The molecule has 0 saturated heterocycles. The van der Waals surface area contributed by atoms with Gasteiger partial charge in [-0.3, -0.25) is 5.32 Å². The number of likely N-dealkylation sites (N-methyl/N-ethyl adjacent to an activating group) is 1. The number of hydrogen-bond acceptors (Lipinski definition) is 3. The Bertz CT molecular complexity index is 595. The van der Waals surface area contributed by atoms with Crippen molar-refractivity contribution in [2.24, 2.45) is 0 Å². The minimum absolute atomic E-state index is 0.0711. The fraction of sp³-hybridized carbons (Fsp3) is 0.250. The predicted molar refractivity (Wildman–Crippen MR) is 75.6 cm³/mol. The van der Waals surface area contributed by atoms with E-state index in [0.29, 0.717) is 0 Å². The molecule has 0 aromatic heterocycles. The third kappa shape index (κ3) is 2.17. The van der Waals surface area contributed by atoms with Crippen LogP contribution in [0.15, 0.2) is 42.5 Å². The van der Waals surface area contributed by atoms with Gasteiger partial charge in [-0.15, -0.1) is 0 Å². The van der Waals surface area contributed by atoms with E-state index < -0.39 is 0 Å². The Kier molecular flexibility index (Phi) is 3.13. The number of hydrogen-bond donors (Lipinski definition) is 1. The van der Waals surface area contributed by atoms with Crippen LogP contribution in [0.5, 0.6) is 11.5 Å². The summed E-state index contributed by atoms with van der Waals surface area (Å²) >= 11 is 0. The molecular weight excluding hydrogens is 238 g/mol. The summed E-state index contributed by atoms with van der Waals surface area (Å²) in [6, 6.07) is 14.3. The molecule has 3 nitrogen and oxygen atoms in total. The average Bonchev–Trinajstić information content (AvgIpc) is 2.90. The molecule has 0 radical (unpaired) electrons. The third-order valence-electron chi connectivity index (χ3n) is 3.46. The molecule has 2 aromatic carbocycles. The first-order valence-electron chi connectivity index (χ1n) is 6.42. The van der Waals surface area contributed by atoms with Gasteiger partial charge in [0.2, 0.25) is 0 Å². The molecule has 1 atom stereocenters. The Morgan fingerprint density at radius 2 is 2.05 bits per heavy atom. The van der Waals surface area contributed by atoms with Crippen LogP contribution in [-0.4, -0.2) is 20.4 Å². The molecule has 0 amide bonds. The summed E-state index contributed by atoms with van der Waals surface area (Å²) in [7, 11) is 3.60. The largest absolute Gasteiger partial charge is 0.497 e. The topological polar surface area (TPSA) is 30.5 Å². The zero-order chi connectivity index (χ0) is 13.2. The Balaban J connectivity index is 2.05. The van der Waals surface area contributed by atoms with Crippen LogP contribution in [0.2, 0.25) is 0 Å². The maximum atomic E-state index is 5.96. The summed E-state index contributed by atoms with van der Waals surface area (Å²) in [6.45, 7) is 0. The summed E-state index contributed by atoms with van der Waals surface area (Å²) < 4.78 is 11.2. The van der Waals surface area contributed by atoms with Gasteiger partial charge in [-0.1, -0.05) is 30.3 Å². The minimum Gasteiger partial charge on any atom is -0.497 e. The zero-order valence-corrected chi connectivity index (χ0v) is 11.1. The molecule has 1 unspecified atom stereocenters. The highest BCUT2D eigenvalue weighted by Gasteiger charge is 2.24. The first kappa shape index (κ1) is 12.1. The second-order valence-electron chi connectivity index (χ2n) is 4.63. The SMILES string of the molecule is CNC1Cc2cccc(-c3cccc(OC)c3)c2O1. The van der Waals surface area contributed by atoms with Crippen molar-refractivity contribution in [3.8, 4) is 22.6 Å². The molecular formula is C16H17NO2. The number of rotatable bonds is 3. The normalized spacial score (nSPS) is 16.8. The van der Waals surface area contributed by atoms with E-state index in [1.54, 1.807) is 7.11 Å². The second kappa shape index (κ2) is 4.94. The maximum Gasteiger partial charge on any atom is 0.154 e. The summed E-state index contributed by atoms with van der Waals surface area (Å²) in [5, 5.41) is 3.17. The van der Waals surface area contributed by atoms with Crippen LogP contribution in [0, 0.1) is 0 Å².